The zero-order valence-electron chi connectivity index (χ0n) is 21.6. The van der Waals surface area contributed by atoms with E-state index in [1.807, 2.05) is 41.5 Å². The number of carbonyl (C=O) groups is 2. The van der Waals surface area contributed by atoms with Crippen LogP contribution >= 0.6 is 0 Å². The second kappa shape index (κ2) is 9.91. The van der Waals surface area contributed by atoms with Crippen LogP contribution in [0.5, 0.6) is 11.5 Å². The van der Waals surface area contributed by atoms with E-state index >= 15 is 0 Å². The predicted molar refractivity (Wildman–Crippen MR) is 133 cm³/mol. The average molecular weight is 500 g/mol. The normalized spacial score (nSPS) is 20.7. The maximum Gasteiger partial charge on any atom is 0.410 e. The van der Waals surface area contributed by atoms with Gasteiger partial charge in [0, 0.05) is 43.6 Å². The summed E-state index contributed by atoms with van der Waals surface area (Å²) in [6, 6.07) is 3.97. The van der Waals surface area contributed by atoms with Gasteiger partial charge >= 0.3 is 6.09 Å². The van der Waals surface area contributed by atoms with Crippen LogP contribution in [0.25, 0.3) is 0 Å². The number of fused-ring (bicyclic) bond motifs is 1. The van der Waals surface area contributed by atoms with Crippen molar-refractivity contribution >= 4 is 17.8 Å². The largest absolute Gasteiger partial charge is 0.451 e. The first-order chi connectivity index (χ1) is 17.0. The molecule has 2 aliphatic rings. The van der Waals surface area contributed by atoms with E-state index in [1.54, 1.807) is 9.80 Å². The van der Waals surface area contributed by atoms with Gasteiger partial charge in [0.05, 0.1) is 11.8 Å². The highest BCUT2D eigenvalue weighted by atomic mass is 19.1. The molecule has 0 bridgehead atoms. The summed E-state index contributed by atoms with van der Waals surface area (Å²) >= 11 is 0. The second-order valence-electron chi connectivity index (χ2n) is 10.5. The monoisotopic (exact) mass is 499 g/mol. The molecule has 1 aromatic heterocycles. The van der Waals surface area contributed by atoms with Gasteiger partial charge in [-0.25, -0.2) is 19.2 Å². The zero-order valence-corrected chi connectivity index (χ0v) is 21.6. The smallest absolute Gasteiger partial charge is 0.410 e. The van der Waals surface area contributed by atoms with E-state index in [0.29, 0.717) is 31.2 Å². The second-order valence-corrected chi connectivity index (χ2v) is 10.5. The van der Waals surface area contributed by atoms with Gasteiger partial charge in [0.25, 0.3) is 5.91 Å². The number of likely N-dealkylation sites (tertiary alicyclic amines) is 1. The number of hydrogen-bond acceptors (Lipinski definition) is 7. The highest BCUT2D eigenvalue weighted by molar-refractivity contribution is 5.97. The summed E-state index contributed by atoms with van der Waals surface area (Å²) in [7, 11) is 0. The lowest BCUT2D eigenvalue weighted by atomic mass is 10.1. The van der Waals surface area contributed by atoms with Crippen molar-refractivity contribution in [3.05, 3.63) is 42.1 Å². The highest BCUT2D eigenvalue weighted by Crippen LogP contribution is 2.48. The van der Waals surface area contributed by atoms with Crippen LogP contribution in [0.4, 0.5) is 15.0 Å². The van der Waals surface area contributed by atoms with E-state index in [-0.39, 0.29) is 47.2 Å². The maximum absolute atomic E-state index is 14.1. The fraction of sp³-hybridized carbons (Fsp3) is 0.538. The van der Waals surface area contributed by atoms with Crippen LogP contribution in [0, 0.1) is 17.7 Å². The van der Waals surface area contributed by atoms with Crippen molar-refractivity contribution in [1.82, 2.24) is 19.8 Å². The Morgan fingerprint density at radius 3 is 2.53 bits per heavy atom. The fourth-order valence-corrected chi connectivity index (χ4v) is 4.65. The molecule has 1 N–H and O–H groups in total. The minimum Gasteiger partial charge on any atom is -0.451 e. The van der Waals surface area contributed by atoms with E-state index < -0.39 is 11.4 Å². The molecular formula is C26H34FN5O4. The van der Waals surface area contributed by atoms with Gasteiger partial charge in [0.1, 0.15) is 23.5 Å². The molecule has 1 saturated heterocycles. The van der Waals surface area contributed by atoms with Crippen LogP contribution in [-0.4, -0.2) is 69.1 Å². The SMILES string of the molecule is CCN(C(=O)c1cc(F)ccc1Oc1cncnc1NC1[C@H]2CN(C(=O)OC(C)(C)C)C[C@@H]12)C(C)C. The Morgan fingerprint density at radius 1 is 1.22 bits per heavy atom. The number of piperidine rings is 1. The number of amides is 2. The number of ether oxygens (including phenoxy) is 2. The predicted octanol–water partition coefficient (Wildman–Crippen LogP) is 4.56. The molecule has 0 spiro atoms. The molecular weight excluding hydrogens is 465 g/mol. The number of hydrogen-bond donors (Lipinski definition) is 1. The van der Waals surface area contributed by atoms with Crippen LogP contribution in [0.2, 0.25) is 0 Å². The van der Waals surface area contributed by atoms with Crippen LogP contribution < -0.4 is 10.1 Å². The first-order valence-corrected chi connectivity index (χ1v) is 12.3. The minimum absolute atomic E-state index is 0.0505. The molecule has 3 atom stereocenters. The number of carbonyl (C=O) groups excluding carboxylic acids is 2. The van der Waals surface area contributed by atoms with Crippen molar-refractivity contribution in [2.24, 2.45) is 11.8 Å². The lowest BCUT2D eigenvalue weighted by Gasteiger charge is -2.26. The molecule has 1 aromatic carbocycles. The van der Waals surface area contributed by atoms with Gasteiger partial charge in [-0.3, -0.25) is 4.79 Å². The molecule has 1 aliphatic heterocycles. The molecule has 194 valence electrons. The number of benzene rings is 1. The van der Waals surface area contributed by atoms with E-state index in [0.717, 1.165) is 0 Å². The van der Waals surface area contributed by atoms with E-state index in [4.69, 9.17) is 9.47 Å². The lowest BCUT2D eigenvalue weighted by molar-refractivity contribution is 0.0272. The number of nitrogens with one attached hydrogen (secondary N) is 1. The number of anilines is 1. The molecule has 1 saturated carbocycles. The van der Waals surface area contributed by atoms with E-state index in [2.05, 4.69) is 15.3 Å². The number of aromatic nitrogens is 2. The summed E-state index contributed by atoms with van der Waals surface area (Å²) < 4.78 is 25.6. The Bertz CT molecular complexity index is 1120. The molecule has 2 fully saturated rings. The summed E-state index contributed by atoms with van der Waals surface area (Å²) in [5.41, 5.74) is -0.393. The summed E-state index contributed by atoms with van der Waals surface area (Å²) in [5.74, 6) is 0.776. The third kappa shape index (κ3) is 5.52. The third-order valence-electron chi connectivity index (χ3n) is 6.44. The fourth-order valence-electron chi connectivity index (χ4n) is 4.65. The molecule has 4 rings (SSSR count). The lowest BCUT2D eigenvalue weighted by Crippen LogP contribution is -2.38. The molecule has 1 aliphatic carbocycles. The van der Waals surface area contributed by atoms with Crippen molar-refractivity contribution in [1.29, 1.82) is 0 Å². The van der Waals surface area contributed by atoms with Crippen LogP contribution in [0.15, 0.2) is 30.7 Å². The first kappa shape index (κ1) is 25.7. The van der Waals surface area contributed by atoms with E-state index in [9.17, 15) is 14.0 Å². The molecule has 9 nitrogen and oxygen atoms in total. The Kier molecular flexibility index (Phi) is 7.06. The maximum atomic E-state index is 14.1. The highest BCUT2D eigenvalue weighted by Gasteiger charge is 2.57. The quantitative estimate of drug-likeness (QED) is 0.597. The van der Waals surface area contributed by atoms with Gasteiger partial charge in [-0.1, -0.05) is 0 Å². The van der Waals surface area contributed by atoms with Crippen molar-refractivity contribution in [3.8, 4) is 11.5 Å². The molecule has 0 radical (unpaired) electrons. The van der Waals surface area contributed by atoms with Crippen LogP contribution in [0.3, 0.4) is 0 Å². The molecule has 2 amide bonds. The number of halogens is 1. The zero-order chi connectivity index (χ0) is 26.2. The van der Waals surface area contributed by atoms with E-state index in [1.165, 1.54) is 30.7 Å². The van der Waals surface area contributed by atoms with Gasteiger partial charge in [-0.2, -0.15) is 0 Å². The molecule has 10 heteroatoms. The average Bonchev–Trinajstić information content (AvgIpc) is 3.22. The van der Waals surface area contributed by atoms with Crippen molar-refractivity contribution in [2.45, 2.75) is 59.2 Å². The van der Waals surface area contributed by atoms with Gasteiger partial charge in [0.2, 0.25) is 0 Å². The van der Waals surface area contributed by atoms with Crippen molar-refractivity contribution < 1.29 is 23.5 Å². The standard InChI is InChI=1S/C26H34FN5O4/c1-7-32(15(2)3)24(33)17-10-16(27)8-9-20(17)35-21-11-28-14-29-23(21)30-22-18-12-31(13-19(18)22)25(34)36-26(4,5)6/h8-11,14-15,18-19,22H,7,12-13H2,1-6H3,(H,28,29,30)/t18-,19+,22?. The van der Waals surface area contributed by atoms with Gasteiger partial charge in [0.15, 0.2) is 11.6 Å². The topological polar surface area (TPSA) is 96.9 Å². The molecule has 2 aromatic rings. The Hall–Kier alpha value is -3.43. The molecule has 36 heavy (non-hydrogen) atoms. The molecule has 1 unspecified atom stereocenters. The summed E-state index contributed by atoms with van der Waals surface area (Å²) in [6.07, 6.45) is 2.63. The summed E-state index contributed by atoms with van der Waals surface area (Å²) in [5, 5.41) is 3.40. The number of nitrogens with zero attached hydrogens (tertiary/aromatic N) is 4. The Balaban J connectivity index is 1.46. The minimum atomic E-state index is -0.529. The molecule has 2 heterocycles. The number of rotatable bonds is 7. The van der Waals surface area contributed by atoms with Crippen LogP contribution in [0.1, 0.15) is 51.9 Å². The van der Waals surface area contributed by atoms with Gasteiger partial charge in [-0.15, -0.1) is 0 Å². The van der Waals surface area contributed by atoms with Crippen LogP contribution in [-0.2, 0) is 4.74 Å². The van der Waals surface area contributed by atoms with Gasteiger partial charge in [-0.05, 0) is 59.7 Å². The van der Waals surface area contributed by atoms with Crippen molar-refractivity contribution in [3.63, 3.8) is 0 Å². The first-order valence-electron chi connectivity index (χ1n) is 12.3. The Morgan fingerprint density at radius 2 is 1.92 bits per heavy atom. The summed E-state index contributed by atoms with van der Waals surface area (Å²) in [4.78, 5) is 37.3. The van der Waals surface area contributed by atoms with Crippen molar-refractivity contribution in [2.75, 3.05) is 25.0 Å². The third-order valence-corrected chi connectivity index (χ3v) is 6.44. The Labute approximate surface area is 211 Å². The summed E-state index contributed by atoms with van der Waals surface area (Å²) in [6.45, 7) is 13.0. The van der Waals surface area contributed by atoms with Gasteiger partial charge < -0.3 is 24.6 Å².